The van der Waals surface area contributed by atoms with Gasteiger partial charge >= 0.3 is 6.18 Å². The molecule has 0 aliphatic rings. The van der Waals surface area contributed by atoms with Gasteiger partial charge in [-0.3, -0.25) is 10.1 Å². The van der Waals surface area contributed by atoms with Gasteiger partial charge in [-0.2, -0.15) is 13.2 Å². The topological polar surface area (TPSA) is 76.2 Å². The van der Waals surface area contributed by atoms with Gasteiger partial charge in [0, 0.05) is 32.3 Å². The van der Waals surface area contributed by atoms with Crippen LogP contribution in [-0.4, -0.2) is 25.2 Å². The minimum Gasteiger partial charge on any atom is -0.376 e. The van der Waals surface area contributed by atoms with Crippen LogP contribution < -0.4 is 5.14 Å². The summed E-state index contributed by atoms with van der Waals surface area (Å²) in [7, 11) is -1.59. The van der Waals surface area contributed by atoms with Crippen LogP contribution in [0.5, 0.6) is 0 Å². The van der Waals surface area contributed by atoms with Crippen molar-refractivity contribution in [1.29, 1.82) is 0 Å². The first-order valence-electron chi connectivity index (χ1n) is 11.4. The largest absolute Gasteiger partial charge is 0.421 e. The first-order chi connectivity index (χ1) is 17.2. The van der Waals surface area contributed by atoms with E-state index in [2.05, 4.69) is 4.98 Å². The molecule has 0 bridgehead atoms. The van der Waals surface area contributed by atoms with E-state index >= 15 is 0 Å². The fourth-order valence-electron chi connectivity index (χ4n) is 4.20. The maximum atomic E-state index is 13.5. The van der Waals surface area contributed by atoms with Crippen LogP contribution in [0.3, 0.4) is 0 Å². The molecule has 2 heterocycles. The zero-order valence-corrected chi connectivity index (χ0v) is 22.7. The van der Waals surface area contributed by atoms with E-state index in [4.69, 9.17) is 16.7 Å². The molecule has 0 fully saturated rings. The second-order valence-corrected chi connectivity index (χ2v) is 12.9. The summed E-state index contributed by atoms with van der Waals surface area (Å²) in [6.45, 7) is 4.41. The third-order valence-electron chi connectivity index (χ3n) is 6.58. The van der Waals surface area contributed by atoms with Crippen LogP contribution >= 0.6 is 22.9 Å². The summed E-state index contributed by atoms with van der Waals surface area (Å²) in [4.78, 5) is 5.27. The van der Waals surface area contributed by atoms with Crippen molar-refractivity contribution in [2.24, 2.45) is 5.14 Å². The van der Waals surface area contributed by atoms with E-state index < -0.39 is 27.5 Å². The van der Waals surface area contributed by atoms with Gasteiger partial charge in [-0.25, -0.2) is 4.21 Å². The van der Waals surface area contributed by atoms with Crippen molar-refractivity contribution in [2.75, 3.05) is 0 Å². The predicted octanol–water partition coefficient (Wildman–Crippen LogP) is 7.31. The minimum absolute atomic E-state index is 0.216. The van der Waals surface area contributed by atoms with Crippen LogP contribution in [-0.2, 0) is 16.6 Å². The highest BCUT2D eigenvalue weighted by molar-refractivity contribution is 7.84. The highest BCUT2D eigenvalue weighted by atomic mass is 35.5. The molecule has 3 atom stereocenters. The van der Waals surface area contributed by atoms with Crippen LogP contribution in [0.4, 0.5) is 13.2 Å². The second-order valence-electron chi connectivity index (χ2n) is 9.71. The van der Waals surface area contributed by atoms with Crippen LogP contribution in [0.2, 0.25) is 5.02 Å². The number of benzene rings is 2. The van der Waals surface area contributed by atoms with Gasteiger partial charge in [0.15, 0.2) is 5.60 Å². The summed E-state index contributed by atoms with van der Waals surface area (Å²) in [5, 5.41) is 17.5. The number of hydrogen-bond acceptors (Lipinski definition) is 4. The van der Waals surface area contributed by atoms with Gasteiger partial charge in [0.25, 0.3) is 0 Å². The third kappa shape index (κ3) is 5.47. The van der Waals surface area contributed by atoms with E-state index in [-0.39, 0.29) is 11.5 Å². The van der Waals surface area contributed by atoms with E-state index in [0.29, 0.717) is 22.7 Å². The van der Waals surface area contributed by atoms with Crippen LogP contribution in [0.1, 0.15) is 49.1 Å². The first-order valence-corrected chi connectivity index (χ1v) is 13.8. The molecule has 4 rings (SSSR count). The molecule has 37 heavy (non-hydrogen) atoms. The Morgan fingerprint density at radius 2 is 1.78 bits per heavy atom. The normalized spacial score (nSPS) is 15.9. The van der Waals surface area contributed by atoms with Gasteiger partial charge < -0.3 is 5.11 Å². The van der Waals surface area contributed by atoms with Crippen molar-refractivity contribution < 1.29 is 22.5 Å². The fourth-order valence-corrected chi connectivity index (χ4v) is 6.10. The monoisotopic (exact) mass is 566 g/mol. The van der Waals surface area contributed by atoms with Crippen molar-refractivity contribution in [3.05, 3.63) is 87.9 Å². The predicted molar refractivity (Wildman–Crippen MR) is 145 cm³/mol. The van der Waals surface area contributed by atoms with Gasteiger partial charge in [0.2, 0.25) is 0 Å². The molecule has 10 heteroatoms. The first kappa shape index (κ1) is 27.7. The lowest BCUT2D eigenvalue weighted by molar-refractivity contribution is -0.258. The average Bonchev–Trinajstić information content (AvgIpc) is 3.26. The Kier molecular flexibility index (Phi) is 7.58. The molecule has 4 aromatic rings. The number of fused-ring (bicyclic) bond motifs is 1. The number of alkyl halides is 3. The second kappa shape index (κ2) is 10.1. The SMILES string of the molecule is CC(C)(C[C@@H](c1cc2cccc(-c3cc([C@](C)(O)C(F)(F)F)ccn3)c2s1)c1ccccc1Cl)S(N)=O. The standard InChI is InChI=1S/C27H26ClF3N2O2S2/c1-25(2,37(32)35)15-20(18-8-4-5-10-21(18)28)23-13-16-7-6-9-19(24(16)36-23)22-14-17(11-12-33-22)26(3,34)27(29,30)31/h4-14,20,34H,15,32H2,1-3H3/t20-,26+,37?/m1/s1. The van der Waals surface area contributed by atoms with E-state index in [1.54, 1.807) is 12.1 Å². The van der Waals surface area contributed by atoms with Gasteiger partial charge in [-0.15, -0.1) is 11.3 Å². The zero-order chi connectivity index (χ0) is 27.2. The van der Waals surface area contributed by atoms with Crippen molar-refractivity contribution in [1.82, 2.24) is 4.98 Å². The van der Waals surface area contributed by atoms with Crippen molar-refractivity contribution in [3.63, 3.8) is 0 Å². The molecule has 2 aromatic heterocycles. The number of thiophene rings is 1. The van der Waals surface area contributed by atoms with Crippen LogP contribution in [0, 0.1) is 0 Å². The number of nitrogens with two attached hydrogens (primary N) is 1. The number of aliphatic hydroxyl groups is 1. The molecule has 4 nitrogen and oxygen atoms in total. The molecule has 0 saturated heterocycles. The smallest absolute Gasteiger partial charge is 0.376 e. The summed E-state index contributed by atoms with van der Waals surface area (Å²) in [5.41, 5.74) is -1.47. The molecule has 3 N–H and O–H groups in total. The van der Waals surface area contributed by atoms with E-state index in [0.717, 1.165) is 27.5 Å². The number of hydrogen-bond donors (Lipinski definition) is 2. The molecule has 0 aliphatic carbocycles. The van der Waals surface area contributed by atoms with Crippen LogP contribution in [0.15, 0.2) is 66.9 Å². The Bertz CT molecular complexity index is 1470. The van der Waals surface area contributed by atoms with Crippen LogP contribution in [0.25, 0.3) is 21.3 Å². The Hall–Kier alpha value is -2.30. The lowest BCUT2D eigenvalue weighted by Crippen LogP contribution is -2.39. The zero-order valence-electron chi connectivity index (χ0n) is 20.3. The summed E-state index contributed by atoms with van der Waals surface area (Å²) in [5.74, 6) is -0.216. The molecule has 2 aromatic carbocycles. The summed E-state index contributed by atoms with van der Waals surface area (Å²) >= 11 is 8.05. The highest BCUT2D eigenvalue weighted by Crippen LogP contribution is 2.45. The van der Waals surface area contributed by atoms with Gasteiger partial charge in [0.1, 0.15) is 0 Å². The third-order valence-corrected chi connectivity index (χ3v) is 9.48. The average molecular weight is 567 g/mol. The Balaban J connectivity index is 1.86. The number of halogens is 4. The number of nitrogens with zero attached hydrogens (tertiary/aromatic N) is 1. The minimum atomic E-state index is -4.84. The summed E-state index contributed by atoms with van der Waals surface area (Å²) in [6, 6.07) is 17.4. The molecule has 1 unspecified atom stereocenters. The molecule has 0 radical (unpaired) electrons. The maximum absolute atomic E-state index is 13.5. The Labute approximate surface area is 224 Å². The number of rotatable bonds is 7. The van der Waals surface area contributed by atoms with E-state index in [1.165, 1.54) is 29.7 Å². The number of aromatic nitrogens is 1. The highest BCUT2D eigenvalue weighted by Gasteiger charge is 2.51. The van der Waals surface area contributed by atoms with Crippen molar-refractivity contribution in [3.8, 4) is 11.3 Å². The lowest BCUT2D eigenvalue weighted by atomic mass is 9.88. The molecule has 0 spiro atoms. The Morgan fingerprint density at radius 1 is 1.08 bits per heavy atom. The van der Waals surface area contributed by atoms with Crippen molar-refractivity contribution >= 4 is 44.0 Å². The van der Waals surface area contributed by atoms with Crippen molar-refractivity contribution in [2.45, 2.75) is 49.6 Å². The Morgan fingerprint density at radius 3 is 2.43 bits per heavy atom. The maximum Gasteiger partial charge on any atom is 0.421 e. The molecule has 196 valence electrons. The van der Waals surface area contributed by atoms with Gasteiger partial charge in [0.05, 0.1) is 21.4 Å². The van der Waals surface area contributed by atoms with Gasteiger partial charge in [-0.1, -0.05) is 48.0 Å². The summed E-state index contributed by atoms with van der Waals surface area (Å²) in [6.07, 6.45) is -3.11. The lowest BCUT2D eigenvalue weighted by Gasteiger charge is -2.27. The van der Waals surface area contributed by atoms with E-state index in [9.17, 15) is 22.5 Å². The number of pyridine rings is 1. The molecule has 0 aliphatic heterocycles. The molecule has 0 saturated carbocycles. The fraction of sp³-hybridized carbons (Fsp3) is 0.296. The molecular weight excluding hydrogens is 541 g/mol. The van der Waals surface area contributed by atoms with E-state index in [1.807, 2.05) is 50.2 Å². The summed E-state index contributed by atoms with van der Waals surface area (Å²) < 4.78 is 52.8. The van der Waals surface area contributed by atoms with Gasteiger partial charge in [-0.05, 0) is 68.0 Å². The quantitative estimate of drug-likeness (QED) is 0.246. The molecular formula is C27H26ClF3N2O2S2. The molecule has 0 amide bonds.